The number of nitrogens with zero attached hydrogens (tertiary/aromatic N) is 5. The highest BCUT2D eigenvalue weighted by molar-refractivity contribution is 14.2. The number of hydrogen-bond donors (Lipinski definition) is 1. The SMILES string of the molecule is Nc1cc(-n2cnnc2)cc2c1cnn2PI. The molecule has 3 aromatic rings. The van der Waals surface area contributed by atoms with Crippen molar-refractivity contribution in [1.29, 1.82) is 0 Å². The molecule has 1 atom stereocenters. The maximum atomic E-state index is 6.02. The molecule has 17 heavy (non-hydrogen) atoms. The highest BCUT2D eigenvalue weighted by Crippen LogP contribution is 2.32. The Kier molecular flexibility index (Phi) is 2.71. The van der Waals surface area contributed by atoms with Crippen molar-refractivity contribution in [1.82, 2.24) is 24.3 Å². The third kappa shape index (κ3) is 1.79. The molecule has 86 valence electrons. The first-order valence-corrected chi connectivity index (χ1v) is 8.84. The summed E-state index contributed by atoms with van der Waals surface area (Å²) < 4.78 is 3.75. The van der Waals surface area contributed by atoms with Crippen LogP contribution in [0.15, 0.2) is 31.0 Å². The van der Waals surface area contributed by atoms with Crippen molar-refractivity contribution >= 4 is 45.0 Å². The molecule has 0 amide bonds. The van der Waals surface area contributed by atoms with Crippen molar-refractivity contribution in [3.63, 3.8) is 0 Å². The lowest BCUT2D eigenvalue weighted by Crippen LogP contribution is -1.94. The zero-order valence-electron chi connectivity index (χ0n) is 8.58. The van der Waals surface area contributed by atoms with E-state index in [1.807, 2.05) is 21.2 Å². The quantitative estimate of drug-likeness (QED) is 0.432. The summed E-state index contributed by atoms with van der Waals surface area (Å²) in [6.45, 7) is 0. The third-order valence-corrected chi connectivity index (χ3v) is 4.39. The minimum atomic E-state index is 0.546. The summed E-state index contributed by atoms with van der Waals surface area (Å²) in [5.74, 6) is 0. The zero-order chi connectivity index (χ0) is 11.8. The molecular weight excluding hydrogens is 350 g/mol. The van der Waals surface area contributed by atoms with Gasteiger partial charge in [0.25, 0.3) is 0 Å². The van der Waals surface area contributed by atoms with Crippen molar-refractivity contribution in [2.45, 2.75) is 0 Å². The van der Waals surface area contributed by atoms with Crippen LogP contribution in [-0.4, -0.2) is 24.3 Å². The molecule has 0 saturated heterocycles. The van der Waals surface area contributed by atoms with Gasteiger partial charge in [0.2, 0.25) is 0 Å². The molecule has 8 heteroatoms. The molecule has 0 saturated carbocycles. The Hall–Kier alpha value is -1.21. The van der Waals surface area contributed by atoms with Crippen LogP contribution in [-0.2, 0) is 0 Å². The molecule has 0 spiro atoms. The monoisotopic (exact) mass is 358 g/mol. The van der Waals surface area contributed by atoms with Crippen LogP contribution in [0.4, 0.5) is 5.69 Å². The third-order valence-electron chi connectivity index (χ3n) is 2.50. The molecule has 2 N–H and O–H groups in total. The van der Waals surface area contributed by atoms with E-state index in [2.05, 4.69) is 37.3 Å². The molecule has 0 radical (unpaired) electrons. The molecule has 0 fully saturated rings. The Balaban J connectivity index is 2.28. The molecule has 0 aliphatic rings. The van der Waals surface area contributed by atoms with Gasteiger partial charge in [-0.25, -0.2) is 4.45 Å². The van der Waals surface area contributed by atoms with E-state index in [1.165, 1.54) is 0 Å². The largest absolute Gasteiger partial charge is 0.398 e. The smallest absolute Gasteiger partial charge is 0.123 e. The van der Waals surface area contributed by atoms with Gasteiger partial charge in [0, 0.05) is 11.1 Å². The molecule has 1 aromatic carbocycles. The lowest BCUT2D eigenvalue weighted by Gasteiger charge is -2.05. The summed E-state index contributed by atoms with van der Waals surface area (Å²) in [7, 11) is 0. The number of hydrogen-bond acceptors (Lipinski definition) is 4. The van der Waals surface area contributed by atoms with Crippen LogP contribution in [0.5, 0.6) is 0 Å². The fourth-order valence-corrected chi connectivity index (χ4v) is 3.22. The molecule has 1 unspecified atom stereocenters. The summed E-state index contributed by atoms with van der Waals surface area (Å²) in [5, 5.41) is 12.9. The Morgan fingerprint density at radius 1 is 1.24 bits per heavy atom. The molecule has 0 aliphatic carbocycles. The lowest BCUT2D eigenvalue weighted by molar-refractivity contribution is 1.03. The summed E-state index contributed by atoms with van der Waals surface area (Å²) in [6.07, 6.45) is 5.64. The second kappa shape index (κ2) is 4.23. The first-order valence-electron chi connectivity index (χ1n) is 4.78. The Morgan fingerprint density at radius 2 is 2.00 bits per heavy atom. The average Bonchev–Trinajstić information content (AvgIpc) is 2.97. The number of anilines is 1. The number of aromatic nitrogens is 5. The summed E-state index contributed by atoms with van der Waals surface area (Å²) in [5.41, 5.74) is 8.71. The van der Waals surface area contributed by atoms with E-state index in [-0.39, 0.29) is 0 Å². The number of nitrogens with two attached hydrogens (primary N) is 1. The molecule has 2 aromatic heterocycles. The van der Waals surface area contributed by atoms with Crippen LogP contribution in [0.3, 0.4) is 0 Å². The van der Waals surface area contributed by atoms with E-state index in [4.69, 9.17) is 5.73 Å². The van der Waals surface area contributed by atoms with E-state index in [0.717, 1.165) is 16.6 Å². The minimum absolute atomic E-state index is 0.546. The van der Waals surface area contributed by atoms with Gasteiger partial charge in [0.05, 0.1) is 23.8 Å². The van der Waals surface area contributed by atoms with Crippen molar-refractivity contribution in [3.05, 3.63) is 31.0 Å². The van der Waals surface area contributed by atoms with Gasteiger partial charge in [0.1, 0.15) is 12.7 Å². The minimum Gasteiger partial charge on any atom is -0.398 e. The standard InChI is InChI=1S/C9H8IN6P/c10-17-16-9-2-6(15-4-12-13-5-15)1-8(11)7(9)3-14-16/h1-5,17H,11H2. The second-order valence-corrected chi connectivity index (χ2v) is 5.52. The van der Waals surface area contributed by atoms with Crippen molar-refractivity contribution in [2.75, 3.05) is 5.73 Å². The van der Waals surface area contributed by atoms with E-state index in [1.54, 1.807) is 18.9 Å². The molecule has 2 heterocycles. The first-order chi connectivity index (χ1) is 8.29. The van der Waals surface area contributed by atoms with Crippen LogP contribution in [0, 0.1) is 0 Å². The van der Waals surface area contributed by atoms with Gasteiger partial charge < -0.3 is 5.73 Å². The molecular formula is C9H8IN6P. The van der Waals surface area contributed by atoms with Crippen LogP contribution in [0.2, 0.25) is 0 Å². The number of benzene rings is 1. The normalized spacial score (nSPS) is 11.8. The van der Waals surface area contributed by atoms with E-state index in [0.29, 0.717) is 12.1 Å². The van der Waals surface area contributed by atoms with E-state index in [9.17, 15) is 0 Å². The van der Waals surface area contributed by atoms with Crippen LogP contribution < -0.4 is 5.73 Å². The second-order valence-electron chi connectivity index (χ2n) is 3.48. The van der Waals surface area contributed by atoms with Crippen LogP contribution >= 0.6 is 28.4 Å². The van der Waals surface area contributed by atoms with Gasteiger partial charge in [-0.15, -0.1) is 10.2 Å². The Morgan fingerprint density at radius 3 is 2.71 bits per heavy atom. The van der Waals surface area contributed by atoms with Crippen LogP contribution in [0.25, 0.3) is 16.6 Å². The van der Waals surface area contributed by atoms with Gasteiger partial charge in [-0.05, 0) is 34.2 Å². The summed E-state index contributed by atoms with van der Waals surface area (Å²) >= 11 is 2.29. The molecule has 6 nitrogen and oxygen atoms in total. The fourth-order valence-electron chi connectivity index (χ4n) is 1.69. The fraction of sp³-hybridized carbons (Fsp3) is 0. The predicted molar refractivity (Wildman–Crippen MR) is 76.8 cm³/mol. The zero-order valence-corrected chi connectivity index (χ0v) is 11.7. The van der Waals surface area contributed by atoms with Gasteiger partial charge in [-0.2, -0.15) is 5.10 Å². The van der Waals surface area contributed by atoms with Gasteiger partial charge in [-0.3, -0.25) is 4.57 Å². The maximum absolute atomic E-state index is 6.02. The topological polar surface area (TPSA) is 74.6 Å². The average molecular weight is 358 g/mol. The number of rotatable bonds is 2. The predicted octanol–water partition coefficient (Wildman–Crippen LogP) is 1.99. The Bertz CT molecular complexity index is 661. The summed E-state index contributed by atoms with van der Waals surface area (Å²) in [6, 6.07) is 3.93. The molecule has 0 aliphatic heterocycles. The Labute approximate surface area is 112 Å². The van der Waals surface area contributed by atoms with E-state index >= 15 is 0 Å². The highest BCUT2D eigenvalue weighted by atomic mass is 127. The van der Waals surface area contributed by atoms with Gasteiger partial charge >= 0.3 is 0 Å². The highest BCUT2D eigenvalue weighted by Gasteiger charge is 2.08. The van der Waals surface area contributed by atoms with Crippen LogP contribution in [0.1, 0.15) is 0 Å². The number of nitrogen functional groups attached to an aromatic ring is 1. The van der Waals surface area contributed by atoms with E-state index < -0.39 is 0 Å². The van der Waals surface area contributed by atoms with Gasteiger partial charge in [-0.1, -0.05) is 0 Å². The van der Waals surface area contributed by atoms with Crippen molar-refractivity contribution in [3.8, 4) is 5.69 Å². The molecule has 0 bridgehead atoms. The summed E-state index contributed by atoms with van der Waals surface area (Å²) in [4.78, 5) is 0. The van der Waals surface area contributed by atoms with Crippen molar-refractivity contribution < 1.29 is 0 Å². The number of halogens is 1. The first kappa shape index (κ1) is 10.9. The maximum Gasteiger partial charge on any atom is 0.123 e. The molecule has 3 rings (SSSR count). The van der Waals surface area contributed by atoms with Crippen molar-refractivity contribution in [2.24, 2.45) is 0 Å². The van der Waals surface area contributed by atoms with Gasteiger partial charge in [0.15, 0.2) is 0 Å². The number of fused-ring (bicyclic) bond motifs is 1. The lowest BCUT2D eigenvalue weighted by atomic mass is 10.2.